The molecule has 0 saturated carbocycles. The summed E-state index contributed by atoms with van der Waals surface area (Å²) < 4.78 is 19.9. The standard InChI is InChI=1S/C15H12BrClFNO/c16-12-5-14(18)11(4-13(12)17)15(19)8-1-2-9-6-20-7-10(9)3-8/h1-5,15H,6-7,19H2. The van der Waals surface area contributed by atoms with Crippen LogP contribution < -0.4 is 5.73 Å². The molecule has 0 bridgehead atoms. The molecule has 1 aliphatic rings. The van der Waals surface area contributed by atoms with Gasteiger partial charge in [0.05, 0.1) is 24.3 Å². The number of ether oxygens (including phenoxy) is 1. The number of fused-ring (bicyclic) bond motifs is 1. The van der Waals surface area contributed by atoms with E-state index in [1.807, 2.05) is 18.2 Å². The topological polar surface area (TPSA) is 35.2 Å². The van der Waals surface area contributed by atoms with Crippen molar-refractivity contribution in [3.63, 3.8) is 0 Å². The highest BCUT2D eigenvalue weighted by Crippen LogP contribution is 2.32. The second-order valence-electron chi connectivity index (χ2n) is 4.79. The lowest BCUT2D eigenvalue weighted by Gasteiger charge is -2.15. The summed E-state index contributed by atoms with van der Waals surface area (Å²) in [5, 5.41) is 0.446. The van der Waals surface area contributed by atoms with Crippen LogP contribution in [0.2, 0.25) is 5.02 Å². The molecule has 20 heavy (non-hydrogen) atoms. The Kier molecular flexibility index (Phi) is 3.82. The van der Waals surface area contributed by atoms with Crippen LogP contribution in [0.4, 0.5) is 4.39 Å². The molecule has 0 fully saturated rings. The summed E-state index contributed by atoms with van der Waals surface area (Å²) in [5.41, 5.74) is 9.69. The number of nitrogens with two attached hydrogens (primary N) is 1. The third-order valence-corrected chi connectivity index (χ3v) is 4.68. The van der Waals surface area contributed by atoms with Gasteiger partial charge in [0.25, 0.3) is 0 Å². The molecule has 0 spiro atoms. The zero-order valence-electron chi connectivity index (χ0n) is 10.5. The fraction of sp³-hybridized carbons (Fsp3) is 0.200. The highest BCUT2D eigenvalue weighted by molar-refractivity contribution is 9.10. The van der Waals surface area contributed by atoms with Crippen molar-refractivity contribution in [1.82, 2.24) is 0 Å². The maximum Gasteiger partial charge on any atom is 0.129 e. The molecule has 0 radical (unpaired) electrons. The minimum absolute atomic E-state index is 0.370. The van der Waals surface area contributed by atoms with Crippen molar-refractivity contribution in [2.24, 2.45) is 5.73 Å². The first kappa shape index (κ1) is 14.0. The normalized spacial score (nSPS) is 15.2. The van der Waals surface area contributed by atoms with Crippen LogP contribution in [0.15, 0.2) is 34.8 Å². The molecule has 2 N–H and O–H groups in total. The predicted molar refractivity (Wildman–Crippen MR) is 80.1 cm³/mol. The SMILES string of the molecule is NC(c1ccc2c(c1)COC2)c1cc(Cl)c(Br)cc1F. The molecule has 1 aliphatic heterocycles. The molecule has 3 rings (SSSR count). The van der Waals surface area contributed by atoms with E-state index in [1.54, 1.807) is 6.07 Å². The van der Waals surface area contributed by atoms with E-state index in [4.69, 9.17) is 22.1 Å². The van der Waals surface area contributed by atoms with Crippen LogP contribution >= 0.6 is 27.5 Å². The van der Waals surface area contributed by atoms with Crippen molar-refractivity contribution < 1.29 is 9.13 Å². The van der Waals surface area contributed by atoms with Crippen molar-refractivity contribution in [2.45, 2.75) is 19.3 Å². The van der Waals surface area contributed by atoms with Gasteiger partial charge in [-0.15, -0.1) is 0 Å². The van der Waals surface area contributed by atoms with Gasteiger partial charge in [-0.3, -0.25) is 0 Å². The second-order valence-corrected chi connectivity index (χ2v) is 6.05. The first-order valence-electron chi connectivity index (χ1n) is 6.15. The summed E-state index contributed by atoms with van der Waals surface area (Å²) in [7, 11) is 0. The van der Waals surface area contributed by atoms with Gasteiger partial charge in [-0.1, -0.05) is 29.8 Å². The van der Waals surface area contributed by atoms with E-state index < -0.39 is 6.04 Å². The highest BCUT2D eigenvalue weighted by Gasteiger charge is 2.18. The summed E-state index contributed by atoms with van der Waals surface area (Å²) in [6.45, 7) is 1.21. The Morgan fingerprint density at radius 3 is 2.75 bits per heavy atom. The fourth-order valence-electron chi connectivity index (χ4n) is 2.34. The van der Waals surface area contributed by atoms with E-state index in [0.29, 0.717) is 28.3 Å². The number of hydrogen-bond donors (Lipinski definition) is 1. The summed E-state index contributed by atoms with van der Waals surface area (Å²) in [6.07, 6.45) is 0. The minimum Gasteiger partial charge on any atom is -0.372 e. The lowest BCUT2D eigenvalue weighted by Crippen LogP contribution is -2.14. The largest absolute Gasteiger partial charge is 0.372 e. The third-order valence-electron chi connectivity index (χ3n) is 3.48. The lowest BCUT2D eigenvalue weighted by atomic mass is 9.96. The van der Waals surface area contributed by atoms with Gasteiger partial charge >= 0.3 is 0 Å². The molecule has 2 aromatic rings. The van der Waals surface area contributed by atoms with E-state index in [-0.39, 0.29) is 5.82 Å². The van der Waals surface area contributed by atoms with E-state index in [0.717, 1.165) is 16.7 Å². The molecule has 0 aliphatic carbocycles. The number of halogens is 3. The van der Waals surface area contributed by atoms with Crippen LogP contribution in [-0.2, 0) is 18.0 Å². The lowest BCUT2D eigenvalue weighted by molar-refractivity contribution is 0.134. The van der Waals surface area contributed by atoms with Crippen LogP contribution in [0.25, 0.3) is 0 Å². The number of hydrogen-bond acceptors (Lipinski definition) is 2. The second kappa shape index (κ2) is 5.45. The Labute approximate surface area is 129 Å². The van der Waals surface area contributed by atoms with Gasteiger partial charge in [-0.25, -0.2) is 4.39 Å². The van der Waals surface area contributed by atoms with Gasteiger partial charge in [0.15, 0.2) is 0 Å². The Balaban J connectivity index is 2.00. The maximum atomic E-state index is 14.0. The minimum atomic E-state index is -0.550. The fourth-order valence-corrected chi connectivity index (χ4v) is 2.83. The van der Waals surface area contributed by atoms with Crippen LogP contribution in [-0.4, -0.2) is 0 Å². The quantitative estimate of drug-likeness (QED) is 0.813. The van der Waals surface area contributed by atoms with Gasteiger partial charge < -0.3 is 10.5 Å². The van der Waals surface area contributed by atoms with Crippen LogP contribution in [0.5, 0.6) is 0 Å². The molecule has 0 amide bonds. The summed E-state index contributed by atoms with van der Waals surface area (Å²) in [6, 6.07) is 8.22. The summed E-state index contributed by atoms with van der Waals surface area (Å²) >= 11 is 9.22. The van der Waals surface area contributed by atoms with Gasteiger partial charge in [0.1, 0.15) is 5.82 Å². The molecule has 104 valence electrons. The monoisotopic (exact) mass is 355 g/mol. The third kappa shape index (κ3) is 2.49. The van der Waals surface area contributed by atoms with Gasteiger partial charge in [0.2, 0.25) is 0 Å². The van der Waals surface area contributed by atoms with Crippen LogP contribution in [0.1, 0.15) is 28.3 Å². The summed E-state index contributed by atoms with van der Waals surface area (Å²) in [5.74, 6) is -0.370. The average Bonchev–Trinajstić information content (AvgIpc) is 2.89. The molecule has 1 heterocycles. The van der Waals surface area contributed by atoms with Crippen molar-refractivity contribution in [3.05, 3.63) is 67.9 Å². The van der Waals surface area contributed by atoms with E-state index >= 15 is 0 Å². The molecule has 0 saturated heterocycles. The predicted octanol–water partition coefficient (Wildman–Crippen LogP) is 4.32. The van der Waals surface area contributed by atoms with Crippen molar-refractivity contribution in [3.8, 4) is 0 Å². The van der Waals surface area contributed by atoms with E-state index in [1.165, 1.54) is 6.07 Å². The van der Waals surface area contributed by atoms with Crippen LogP contribution in [0.3, 0.4) is 0 Å². The Morgan fingerprint density at radius 2 is 1.95 bits per heavy atom. The maximum absolute atomic E-state index is 14.0. The van der Waals surface area contributed by atoms with Gasteiger partial charge in [-0.2, -0.15) is 0 Å². The van der Waals surface area contributed by atoms with E-state index in [2.05, 4.69) is 15.9 Å². The molecule has 0 aromatic heterocycles. The molecule has 1 atom stereocenters. The van der Waals surface area contributed by atoms with Crippen molar-refractivity contribution in [2.75, 3.05) is 0 Å². The molecular formula is C15H12BrClFNO. The highest BCUT2D eigenvalue weighted by atomic mass is 79.9. The average molecular weight is 357 g/mol. The Hall–Kier alpha value is -0.940. The number of rotatable bonds is 2. The first-order chi connectivity index (χ1) is 9.56. The van der Waals surface area contributed by atoms with Gasteiger partial charge in [-0.05, 0) is 44.8 Å². The smallest absolute Gasteiger partial charge is 0.129 e. The van der Waals surface area contributed by atoms with Crippen LogP contribution in [0, 0.1) is 5.82 Å². The molecular weight excluding hydrogens is 345 g/mol. The molecule has 2 aromatic carbocycles. The van der Waals surface area contributed by atoms with E-state index in [9.17, 15) is 4.39 Å². The summed E-state index contributed by atoms with van der Waals surface area (Å²) in [4.78, 5) is 0. The van der Waals surface area contributed by atoms with Crippen molar-refractivity contribution >= 4 is 27.5 Å². The first-order valence-corrected chi connectivity index (χ1v) is 7.33. The number of benzene rings is 2. The Bertz CT molecular complexity index is 677. The van der Waals surface area contributed by atoms with Crippen molar-refractivity contribution in [1.29, 1.82) is 0 Å². The zero-order chi connectivity index (χ0) is 14.3. The van der Waals surface area contributed by atoms with Gasteiger partial charge in [0, 0.05) is 10.0 Å². The molecule has 2 nitrogen and oxygen atoms in total. The Morgan fingerprint density at radius 1 is 1.20 bits per heavy atom. The molecule has 5 heteroatoms. The molecule has 1 unspecified atom stereocenters. The zero-order valence-corrected chi connectivity index (χ0v) is 12.8.